The molecule has 0 aliphatic carbocycles. The van der Waals surface area contributed by atoms with Gasteiger partial charge in [-0.2, -0.15) is 0 Å². The molecule has 0 aliphatic heterocycles. The Bertz CT molecular complexity index is 6980. The summed E-state index contributed by atoms with van der Waals surface area (Å²) in [6, 6.07) is 143. The van der Waals surface area contributed by atoms with E-state index in [1.807, 2.05) is 0 Å². The minimum absolute atomic E-state index is 0.828. The Morgan fingerprint density at radius 2 is 0.473 bits per heavy atom. The fraction of sp³-hybridized carbons (Fsp3) is 0.0377. The molecule has 4 heteroatoms. The van der Waals surface area contributed by atoms with E-state index in [-0.39, 0.29) is 0 Å². The molecule has 0 N–H and O–H groups in total. The molecule has 0 saturated heterocycles. The summed E-state index contributed by atoms with van der Waals surface area (Å²) in [4.78, 5) is 10.1. The van der Waals surface area contributed by atoms with E-state index in [2.05, 4.69) is 411 Å². The van der Waals surface area contributed by atoms with Crippen LogP contribution in [-0.2, 0) is 12.8 Å². The highest BCUT2D eigenvalue weighted by Gasteiger charge is 2.24. The highest BCUT2D eigenvalue weighted by Crippen LogP contribution is 2.50. The molecule has 0 aliphatic rings. The van der Waals surface area contributed by atoms with Crippen molar-refractivity contribution < 1.29 is 0 Å². The molecule has 2 aromatic heterocycles. The third-order valence-electron chi connectivity index (χ3n) is 22.4. The second-order valence-electron chi connectivity index (χ2n) is 28.8. The summed E-state index contributed by atoms with van der Waals surface area (Å²) in [7, 11) is 0. The zero-order valence-corrected chi connectivity index (χ0v) is 61.2. The van der Waals surface area contributed by atoms with E-state index in [1.165, 1.54) is 110 Å². The molecule has 18 aromatic carbocycles. The number of imidazole rings is 2. The molecule has 518 valence electrons. The normalized spacial score (nSPS) is 11.6. The Balaban J connectivity index is 0.669. The monoisotopic (exact) mass is 1400 g/mol. The van der Waals surface area contributed by atoms with E-state index in [0.29, 0.717) is 0 Å². The first-order valence-corrected chi connectivity index (χ1v) is 38.3. The summed E-state index contributed by atoms with van der Waals surface area (Å²) in [5.74, 6) is 2.10. The smallest absolute Gasteiger partial charge is 0.114 e. The van der Waals surface area contributed by atoms with Gasteiger partial charge in [-0.1, -0.05) is 317 Å². The lowest BCUT2D eigenvalue weighted by atomic mass is 9.82. The van der Waals surface area contributed by atoms with Crippen molar-refractivity contribution >= 4 is 65.2 Å². The van der Waals surface area contributed by atoms with Crippen LogP contribution in [0.5, 0.6) is 0 Å². The highest BCUT2D eigenvalue weighted by molar-refractivity contribution is 6.24. The molecule has 0 bridgehead atoms. The predicted octanol–water partition coefficient (Wildman–Crippen LogP) is 28.4. The van der Waals surface area contributed by atoms with Gasteiger partial charge in [0, 0.05) is 24.2 Å². The van der Waals surface area contributed by atoms with E-state index in [9.17, 15) is 0 Å². The minimum Gasteiger partial charge on any atom is -0.296 e. The third-order valence-corrected chi connectivity index (χ3v) is 22.4. The van der Waals surface area contributed by atoms with Crippen LogP contribution in [0.3, 0.4) is 0 Å². The third kappa shape index (κ3) is 11.6. The second kappa shape index (κ2) is 27.7. The number of hydrogen-bond donors (Lipinski definition) is 0. The lowest BCUT2D eigenvalue weighted by Crippen LogP contribution is -2.00. The van der Waals surface area contributed by atoms with Gasteiger partial charge in [0.05, 0.1) is 22.1 Å². The van der Waals surface area contributed by atoms with Crippen LogP contribution in [0.1, 0.15) is 25.5 Å². The Morgan fingerprint density at radius 3 is 0.918 bits per heavy atom. The Morgan fingerprint density at radius 1 is 0.191 bits per heavy atom. The van der Waals surface area contributed by atoms with Crippen molar-refractivity contribution in [2.24, 2.45) is 0 Å². The Labute approximate surface area is 640 Å². The van der Waals surface area contributed by atoms with E-state index in [0.717, 1.165) is 114 Å². The zero-order chi connectivity index (χ0) is 73.2. The molecule has 0 radical (unpaired) electrons. The number of nitrogens with zero attached hydrogens (tertiary/aromatic N) is 4. The first-order valence-electron chi connectivity index (χ1n) is 38.3. The average Bonchev–Trinajstić information content (AvgIpc) is 0.764. The molecule has 20 rings (SSSR count). The number of aryl methyl sites for hydroxylation is 2. The van der Waals surface area contributed by atoms with Crippen molar-refractivity contribution in [1.82, 2.24) is 19.1 Å². The lowest BCUT2D eigenvalue weighted by molar-refractivity contribution is 0.908. The average molecular weight is 1400 g/mol. The molecule has 0 fully saturated rings. The number of hydrogen-bond acceptors (Lipinski definition) is 2. The number of fused-ring (bicyclic) bond motifs is 6. The van der Waals surface area contributed by atoms with Gasteiger partial charge >= 0.3 is 0 Å². The summed E-state index contributed by atoms with van der Waals surface area (Å²) < 4.78 is 4.63. The van der Waals surface area contributed by atoms with Gasteiger partial charge in [0.25, 0.3) is 0 Å². The van der Waals surface area contributed by atoms with Crippen molar-refractivity contribution in [2.75, 3.05) is 0 Å². The zero-order valence-electron chi connectivity index (χ0n) is 61.2. The Hall–Kier alpha value is -14.1. The van der Waals surface area contributed by atoms with Crippen LogP contribution < -0.4 is 0 Å². The van der Waals surface area contributed by atoms with Crippen molar-refractivity contribution in [1.29, 1.82) is 0 Å². The van der Waals surface area contributed by atoms with Gasteiger partial charge in [0.15, 0.2) is 0 Å². The van der Waals surface area contributed by atoms with Gasteiger partial charge < -0.3 is 0 Å². The van der Waals surface area contributed by atoms with Crippen LogP contribution in [0.25, 0.3) is 199 Å². The van der Waals surface area contributed by atoms with Gasteiger partial charge in [0.1, 0.15) is 11.6 Å². The van der Waals surface area contributed by atoms with Crippen LogP contribution >= 0.6 is 0 Å². The maximum Gasteiger partial charge on any atom is 0.114 e. The van der Waals surface area contributed by atoms with E-state index < -0.39 is 0 Å². The largest absolute Gasteiger partial charge is 0.296 e. The molecule has 0 unspecified atom stereocenters. The van der Waals surface area contributed by atoms with Crippen LogP contribution in [0.2, 0.25) is 0 Å². The summed E-state index contributed by atoms with van der Waals surface area (Å²) in [6.45, 7) is 4.37. The van der Waals surface area contributed by atoms with E-state index >= 15 is 0 Å². The fourth-order valence-corrected chi connectivity index (χ4v) is 17.3. The first kappa shape index (κ1) is 65.5. The predicted molar refractivity (Wildman–Crippen MR) is 464 cm³/mol. The maximum absolute atomic E-state index is 5.04. The van der Waals surface area contributed by atoms with Crippen LogP contribution in [0.4, 0.5) is 0 Å². The molecule has 4 nitrogen and oxygen atoms in total. The lowest BCUT2D eigenvalue weighted by Gasteiger charge is -2.21. The number of para-hydroxylation sites is 4. The van der Waals surface area contributed by atoms with Gasteiger partial charge in [-0.05, 0) is 250 Å². The van der Waals surface area contributed by atoms with Crippen LogP contribution in [0.15, 0.2) is 388 Å². The van der Waals surface area contributed by atoms with E-state index in [4.69, 9.17) is 9.97 Å². The molecule has 0 atom stereocenters. The van der Waals surface area contributed by atoms with Gasteiger partial charge in [-0.3, -0.25) is 9.13 Å². The highest BCUT2D eigenvalue weighted by atomic mass is 15.1. The van der Waals surface area contributed by atoms with Crippen LogP contribution in [-0.4, -0.2) is 19.1 Å². The van der Waals surface area contributed by atoms with Crippen molar-refractivity contribution in [3.8, 4) is 134 Å². The number of rotatable bonds is 15. The van der Waals surface area contributed by atoms with Gasteiger partial charge in [0.2, 0.25) is 0 Å². The molecular weight excluding hydrogens is 1330 g/mol. The second-order valence-corrected chi connectivity index (χ2v) is 28.8. The topological polar surface area (TPSA) is 35.6 Å². The standard InChI is InChI=1S/C106H74N4/c1-3-101-107-97-49-17-19-51-99(97)109(101)85-41-25-36-78(65-85)76-34-23-38-82(63-76)103-89-45-13-14-46-90(89)105(95-67-80(57-59-93(95)103)69-27-7-5-8-28-69)84-40-22-33-75(62-84)74-32-21-31-73(61-74)70-53-55-71(56-54-70)81-58-60-94-96(68-81)106(88-44-12-11-43-87(88)72-29-9-6-10-30-72)92-48-16-15-47-91(92)104(94)83-39-24-35-77(64-83)79-37-26-42-86(66-79)110-100-52-20-18-50-98(100)108-102(110)4-2/h5-68H,3-4H2,1-2H3. The molecule has 0 spiro atoms. The van der Waals surface area contributed by atoms with Gasteiger partial charge in [-0.25, -0.2) is 9.97 Å². The van der Waals surface area contributed by atoms with Crippen molar-refractivity contribution in [3.05, 3.63) is 400 Å². The summed E-state index contributed by atoms with van der Waals surface area (Å²) in [5.41, 5.74) is 32.4. The quantitative estimate of drug-likeness (QED) is 0.0959. The molecule has 2 heterocycles. The van der Waals surface area contributed by atoms with E-state index in [1.54, 1.807) is 0 Å². The first-order chi connectivity index (χ1) is 54.4. The molecular formula is C106H74N4. The Kier molecular flexibility index (Phi) is 16.5. The summed E-state index contributed by atoms with van der Waals surface area (Å²) >= 11 is 0. The molecule has 110 heavy (non-hydrogen) atoms. The van der Waals surface area contributed by atoms with Crippen LogP contribution in [0, 0.1) is 0 Å². The number of benzene rings is 18. The maximum atomic E-state index is 5.04. The fourth-order valence-electron chi connectivity index (χ4n) is 17.3. The summed E-state index contributed by atoms with van der Waals surface area (Å²) in [6.07, 6.45) is 1.66. The van der Waals surface area contributed by atoms with Crippen molar-refractivity contribution in [2.45, 2.75) is 26.7 Å². The molecule has 0 saturated carbocycles. The molecule has 0 amide bonds. The van der Waals surface area contributed by atoms with Crippen molar-refractivity contribution in [3.63, 3.8) is 0 Å². The molecule has 20 aromatic rings. The minimum atomic E-state index is 0.828. The van der Waals surface area contributed by atoms with Gasteiger partial charge in [-0.15, -0.1) is 0 Å². The SMILES string of the molecule is CCc1nc2ccccc2n1-c1cccc(-c2cccc(-c3c4ccccc4c(-c4cccc(-c5cccc(-c6ccc(-c7ccc8c(-c9cccc(-c%10cccc(-n%11c(CC)nc%12ccccc%12%11)c%10)c9)c9ccccc9c(-c9ccccc9-c9ccccc9)c8c7)cc6)c5)c4)c4cc(-c5ccccc5)ccc34)c2)c1. The number of aromatic nitrogens is 4. The summed E-state index contributed by atoms with van der Waals surface area (Å²) in [5, 5.41) is 9.66.